The van der Waals surface area contributed by atoms with E-state index in [0.29, 0.717) is 30.6 Å². The number of benzene rings is 2. The Hall–Kier alpha value is -3.48. The maximum absolute atomic E-state index is 13.5. The molecule has 1 amide bonds. The van der Waals surface area contributed by atoms with E-state index in [1.807, 2.05) is 63.2 Å². The van der Waals surface area contributed by atoms with Crippen molar-refractivity contribution in [3.8, 4) is 0 Å². The van der Waals surface area contributed by atoms with Crippen molar-refractivity contribution in [2.24, 2.45) is 0 Å². The van der Waals surface area contributed by atoms with Crippen molar-refractivity contribution in [3.63, 3.8) is 0 Å². The monoisotopic (exact) mass is 446 g/mol. The van der Waals surface area contributed by atoms with Gasteiger partial charge in [0.1, 0.15) is 5.69 Å². The number of anilines is 1. The van der Waals surface area contributed by atoms with Crippen LogP contribution in [0.1, 0.15) is 67.2 Å². The van der Waals surface area contributed by atoms with Crippen LogP contribution >= 0.6 is 0 Å². The molecule has 1 saturated carbocycles. The number of nitrogens with two attached hydrogens (primary N) is 1. The molecule has 1 fully saturated rings. The molecule has 172 valence electrons. The van der Waals surface area contributed by atoms with Gasteiger partial charge in [0.2, 0.25) is 5.95 Å². The fourth-order valence-corrected chi connectivity index (χ4v) is 4.64. The molecule has 33 heavy (non-hydrogen) atoms. The number of nitrogen functional groups attached to an aromatic ring is 1. The lowest BCUT2D eigenvalue weighted by Gasteiger charge is -2.39. The van der Waals surface area contributed by atoms with E-state index in [0.717, 1.165) is 36.0 Å². The zero-order chi connectivity index (χ0) is 23.6. The largest absolute Gasteiger partial charge is 0.465 e. The predicted octanol–water partition coefficient (Wildman–Crippen LogP) is 4.38. The van der Waals surface area contributed by atoms with Crippen LogP contribution in [0, 0.1) is 0 Å². The maximum Gasteiger partial charge on any atom is 0.316 e. The molecule has 1 aromatic heterocycles. The molecule has 5 rings (SSSR count). The minimum atomic E-state index is -0.657. The van der Waals surface area contributed by atoms with E-state index in [4.69, 9.17) is 10.5 Å². The highest BCUT2D eigenvalue weighted by atomic mass is 16.5. The van der Waals surface area contributed by atoms with Gasteiger partial charge in [0.05, 0.1) is 17.5 Å². The van der Waals surface area contributed by atoms with E-state index < -0.39 is 5.41 Å². The standard InChI is InChI=1S/C24H24N4O3.C2H6/c1-2-31-22(30)24(10-5-11-24)17-8-9-19-18(12-17)20(27-23(25)26-19)21(29)28-13-15-6-3-4-7-16(15)14-28;1-2/h3-4,6-9,12H,2,5,10-11,13-14H2,1H3,(H2,25,26,27);1-2H3. The molecule has 2 N–H and O–H groups in total. The van der Waals surface area contributed by atoms with E-state index in [1.54, 1.807) is 4.90 Å². The smallest absolute Gasteiger partial charge is 0.316 e. The van der Waals surface area contributed by atoms with E-state index in [9.17, 15) is 9.59 Å². The Morgan fingerprint density at radius 3 is 2.30 bits per heavy atom. The minimum absolute atomic E-state index is 0.0593. The van der Waals surface area contributed by atoms with Crippen LogP contribution in [0.4, 0.5) is 5.95 Å². The number of rotatable bonds is 4. The van der Waals surface area contributed by atoms with Crippen molar-refractivity contribution >= 4 is 28.7 Å². The number of hydrogen-bond donors (Lipinski definition) is 1. The number of fused-ring (bicyclic) bond motifs is 2. The second-order valence-corrected chi connectivity index (χ2v) is 8.25. The van der Waals surface area contributed by atoms with Crippen LogP contribution in [0.5, 0.6) is 0 Å². The zero-order valence-electron chi connectivity index (χ0n) is 19.4. The van der Waals surface area contributed by atoms with Crippen LogP contribution in [-0.2, 0) is 28.0 Å². The predicted molar refractivity (Wildman–Crippen MR) is 127 cm³/mol. The Labute approximate surface area is 194 Å². The molecule has 0 saturated heterocycles. The highest BCUT2D eigenvalue weighted by Gasteiger charge is 2.47. The highest BCUT2D eigenvalue weighted by Crippen LogP contribution is 2.45. The van der Waals surface area contributed by atoms with Crippen molar-refractivity contribution < 1.29 is 14.3 Å². The molecule has 0 unspecified atom stereocenters. The quantitative estimate of drug-likeness (QED) is 0.597. The number of carbonyl (C=O) groups is 2. The summed E-state index contributed by atoms with van der Waals surface area (Å²) < 4.78 is 5.36. The molecule has 2 aliphatic rings. The van der Waals surface area contributed by atoms with Crippen molar-refractivity contribution in [1.29, 1.82) is 0 Å². The van der Waals surface area contributed by atoms with Gasteiger partial charge < -0.3 is 15.4 Å². The summed E-state index contributed by atoms with van der Waals surface area (Å²) in [7, 11) is 0. The summed E-state index contributed by atoms with van der Waals surface area (Å²) in [6.45, 7) is 7.22. The van der Waals surface area contributed by atoms with Gasteiger partial charge in [-0.2, -0.15) is 0 Å². The fraction of sp³-hybridized carbons (Fsp3) is 0.385. The summed E-state index contributed by atoms with van der Waals surface area (Å²) in [5.41, 5.74) is 9.26. The topological polar surface area (TPSA) is 98.4 Å². The van der Waals surface area contributed by atoms with Gasteiger partial charge in [0.25, 0.3) is 5.91 Å². The lowest BCUT2D eigenvalue weighted by molar-refractivity contribution is -0.153. The molecule has 2 heterocycles. The molecule has 0 atom stereocenters. The molecule has 0 radical (unpaired) electrons. The molecule has 1 aliphatic heterocycles. The third-order valence-electron chi connectivity index (χ3n) is 6.47. The second kappa shape index (κ2) is 9.17. The third kappa shape index (κ3) is 3.92. The first-order valence-electron chi connectivity index (χ1n) is 11.6. The Morgan fingerprint density at radius 1 is 1.06 bits per heavy atom. The Kier molecular flexibility index (Phi) is 6.31. The molecular weight excluding hydrogens is 416 g/mol. The molecule has 0 bridgehead atoms. The first kappa shape index (κ1) is 22.7. The Bertz CT molecular complexity index is 1180. The van der Waals surface area contributed by atoms with Gasteiger partial charge in [0, 0.05) is 18.5 Å². The van der Waals surface area contributed by atoms with Gasteiger partial charge in [-0.25, -0.2) is 9.97 Å². The number of nitrogens with zero attached hydrogens (tertiary/aromatic N) is 3. The zero-order valence-corrected chi connectivity index (χ0v) is 19.4. The minimum Gasteiger partial charge on any atom is -0.465 e. The maximum atomic E-state index is 13.5. The average Bonchev–Trinajstić information content (AvgIpc) is 3.23. The van der Waals surface area contributed by atoms with Crippen molar-refractivity contribution in [2.45, 2.75) is 58.5 Å². The number of hydrogen-bond acceptors (Lipinski definition) is 6. The van der Waals surface area contributed by atoms with E-state index in [-0.39, 0.29) is 23.5 Å². The molecule has 0 spiro atoms. The van der Waals surface area contributed by atoms with Crippen molar-refractivity contribution in [3.05, 3.63) is 64.8 Å². The Balaban J connectivity index is 0.00000126. The fourth-order valence-electron chi connectivity index (χ4n) is 4.64. The van der Waals surface area contributed by atoms with Crippen molar-refractivity contribution in [1.82, 2.24) is 14.9 Å². The number of esters is 1. The van der Waals surface area contributed by atoms with Gasteiger partial charge in [-0.05, 0) is 48.6 Å². The first-order chi connectivity index (χ1) is 16.0. The van der Waals surface area contributed by atoms with Crippen LogP contribution in [0.25, 0.3) is 10.9 Å². The molecule has 7 nitrogen and oxygen atoms in total. The lowest BCUT2D eigenvalue weighted by atomic mass is 9.64. The highest BCUT2D eigenvalue weighted by molar-refractivity contribution is 6.05. The summed E-state index contributed by atoms with van der Waals surface area (Å²) in [5.74, 6) is -0.338. The molecule has 3 aromatic rings. The number of carbonyl (C=O) groups excluding carboxylic acids is 2. The van der Waals surface area contributed by atoms with Crippen molar-refractivity contribution in [2.75, 3.05) is 12.3 Å². The van der Waals surface area contributed by atoms with Gasteiger partial charge in [0.15, 0.2) is 0 Å². The summed E-state index contributed by atoms with van der Waals surface area (Å²) in [6.07, 6.45) is 2.43. The average molecular weight is 447 g/mol. The molecule has 2 aromatic carbocycles. The Morgan fingerprint density at radius 2 is 1.73 bits per heavy atom. The van der Waals surface area contributed by atoms with Gasteiger partial charge in [-0.1, -0.05) is 50.6 Å². The van der Waals surface area contributed by atoms with E-state index >= 15 is 0 Å². The number of aromatic nitrogens is 2. The van der Waals surface area contributed by atoms with Crippen LogP contribution < -0.4 is 5.73 Å². The summed E-state index contributed by atoms with van der Waals surface area (Å²) in [4.78, 5) is 36.6. The molecular formula is C26H30N4O3. The van der Waals surface area contributed by atoms with Gasteiger partial charge >= 0.3 is 5.97 Å². The van der Waals surface area contributed by atoms with Gasteiger partial charge in [-0.15, -0.1) is 0 Å². The van der Waals surface area contributed by atoms with Gasteiger partial charge in [-0.3, -0.25) is 9.59 Å². The van der Waals surface area contributed by atoms with Crippen LogP contribution in [0.2, 0.25) is 0 Å². The van der Waals surface area contributed by atoms with Crippen LogP contribution in [0.15, 0.2) is 42.5 Å². The number of amides is 1. The van der Waals surface area contributed by atoms with E-state index in [2.05, 4.69) is 9.97 Å². The summed E-state index contributed by atoms with van der Waals surface area (Å²) >= 11 is 0. The number of ether oxygens (including phenoxy) is 1. The van der Waals surface area contributed by atoms with Crippen LogP contribution in [-0.4, -0.2) is 33.4 Å². The molecule has 1 aliphatic carbocycles. The normalized spacial score (nSPS) is 15.8. The molecule has 7 heteroatoms. The third-order valence-corrected chi connectivity index (χ3v) is 6.47. The SMILES string of the molecule is CC.CCOC(=O)C1(c2ccc3nc(N)nc(C(=O)N4Cc5ccccc5C4)c3c2)CCC1. The van der Waals surface area contributed by atoms with Crippen LogP contribution in [0.3, 0.4) is 0 Å². The lowest BCUT2D eigenvalue weighted by Crippen LogP contribution is -2.43. The summed E-state index contributed by atoms with van der Waals surface area (Å²) in [6, 6.07) is 13.6. The second-order valence-electron chi connectivity index (χ2n) is 8.25. The first-order valence-corrected chi connectivity index (χ1v) is 11.6. The summed E-state index contributed by atoms with van der Waals surface area (Å²) in [5, 5.41) is 0.614. The van der Waals surface area contributed by atoms with E-state index in [1.165, 1.54) is 0 Å².